The number of carbonyl (C=O) groups excluding carboxylic acids is 2. The van der Waals surface area contributed by atoms with Crippen molar-refractivity contribution in [2.75, 3.05) is 45.0 Å². The topological polar surface area (TPSA) is 124 Å². The van der Waals surface area contributed by atoms with Gasteiger partial charge < -0.3 is 29.3 Å². The van der Waals surface area contributed by atoms with E-state index in [4.69, 9.17) is 25.8 Å². The Kier molecular flexibility index (Phi) is 7.37. The largest absolute Gasteiger partial charge is 0.454 e. The van der Waals surface area contributed by atoms with Crippen LogP contribution < -0.4 is 19.7 Å². The van der Waals surface area contributed by atoms with Crippen molar-refractivity contribution in [3.8, 4) is 17.4 Å². The van der Waals surface area contributed by atoms with E-state index in [2.05, 4.69) is 20.3 Å². The van der Waals surface area contributed by atoms with Gasteiger partial charge in [0.1, 0.15) is 23.9 Å². The number of halogens is 1. The number of benzene rings is 1. The molecule has 1 saturated heterocycles. The first-order valence-electron chi connectivity index (χ1n) is 11.7. The number of hydrogen-bond donors (Lipinski definition) is 1. The molecule has 194 valence electrons. The normalized spacial score (nSPS) is 16.6. The Morgan fingerprint density at radius 1 is 1.24 bits per heavy atom. The van der Waals surface area contributed by atoms with Crippen molar-refractivity contribution < 1.29 is 23.8 Å². The van der Waals surface area contributed by atoms with Gasteiger partial charge in [-0.25, -0.2) is 9.97 Å². The number of amides is 2. The lowest BCUT2D eigenvalue weighted by Gasteiger charge is -2.42. The molecule has 1 atom stereocenters. The Morgan fingerprint density at radius 3 is 2.95 bits per heavy atom. The van der Waals surface area contributed by atoms with E-state index in [0.29, 0.717) is 42.9 Å². The Bertz CT molecular complexity index is 1270. The van der Waals surface area contributed by atoms with Crippen LogP contribution in [0.15, 0.2) is 43.0 Å². The zero-order valence-electron chi connectivity index (χ0n) is 20.2. The average Bonchev–Trinajstić information content (AvgIpc) is 3.60. The number of anilines is 1. The summed E-state index contributed by atoms with van der Waals surface area (Å²) in [4.78, 5) is 42.3. The number of fused-ring (bicyclic) bond motifs is 1. The first-order valence-corrected chi connectivity index (χ1v) is 12.1. The standard InChI is InChI=1S/C24H26ClN7O5/c1-35-13-22(34)30-7-8-32(20-10-19(25)28-24(29-20)31-6-5-26-14-31)17(12-30)9-21(33)27-11-16-3-2-4-18-23(16)37-15-36-18/h2-6,10,14,17H,7-9,11-13,15H2,1H3,(H,27,33). The highest BCUT2D eigenvalue weighted by Crippen LogP contribution is 2.35. The number of hydrogen-bond acceptors (Lipinski definition) is 9. The van der Waals surface area contributed by atoms with Gasteiger partial charge in [-0.05, 0) is 6.07 Å². The maximum Gasteiger partial charge on any atom is 0.248 e. The molecule has 0 saturated carbocycles. The van der Waals surface area contributed by atoms with Crippen molar-refractivity contribution in [3.05, 3.63) is 53.7 Å². The van der Waals surface area contributed by atoms with Gasteiger partial charge in [0, 0.05) is 63.7 Å². The molecule has 1 N–H and O–H groups in total. The van der Waals surface area contributed by atoms with Crippen molar-refractivity contribution in [1.82, 2.24) is 29.7 Å². The van der Waals surface area contributed by atoms with Gasteiger partial charge in [0.05, 0.1) is 6.04 Å². The summed E-state index contributed by atoms with van der Waals surface area (Å²) < 4.78 is 17.6. The molecule has 0 spiro atoms. The smallest absolute Gasteiger partial charge is 0.248 e. The molecule has 1 fully saturated rings. The van der Waals surface area contributed by atoms with E-state index in [-0.39, 0.29) is 49.4 Å². The summed E-state index contributed by atoms with van der Waals surface area (Å²) in [6, 6.07) is 6.87. The van der Waals surface area contributed by atoms with Gasteiger partial charge in [0.2, 0.25) is 24.6 Å². The SMILES string of the molecule is COCC(=O)N1CCN(c2cc(Cl)nc(-n3ccnc3)n2)C(CC(=O)NCc2cccc3c2OCO3)C1. The number of carbonyl (C=O) groups is 2. The molecule has 1 unspecified atom stereocenters. The van der Waals surface area contributed by atoms with E-state index in [9.17, 15) is 9.59 Å². The van der Waals surface area contributed by atoms with Crippen molar-refractivity contribution in [1.29, 1.82) is 0 Å². The molecule has 4 heterocycles. The van der Waals surface area contributed by atoms with Gasteiger partial charge in [0.15, 0.2) is 11.5 Å². The highest BCUT2D eigenvalue weighted by molar-refractivity contribution is 6.29. The third kappa shape index (κ3) is 5.59. The van der Waals surface area contributed by atoms with Crippen LogP contribution in [0.5, 0.6) is 11.5 Å². The van der Waals surface area contributed by atoms with Crippen LogP contribution in [0.3, 0.4) is 0 Å². The number of imidazole rings is 1. The number of piperazine rings is 1. The van der Waals surface area contributed by atoms with E-state index >= 15 is 0 Å². The van der Waals surface area contributed by atoms with Crippen LogP contribution in [-0.2, 0) is 20.9 Å². The highest BCUT2D eigenvalue weighted by atomic mass is 35.5. The maximum absolute atomic E-state index is 13.1. The summed E-state index contributed by atoms with van der Waals surface area (Å²) in [6.45, 7) is 1.66. The van der Waals surface area contributed by atoms with Crippen molar-refractivity contribution in [3.63, 3.8) is 0 Å². The van der Waals surface area contributed by atoms with Gasteiger partial charge in [0.25, 0.3) is 0 Å². The molecule has 12 nitrogen and oxygen atoms in total. The first kappa shape index (κ1) is 24.8. The van der Waals surface area contributed by atoms with Crippen LogP contribution in [-0.4, -0.2) is 82.4 Å². The van der Waals surface area contributed by atoms with Crippen LogP contribution >= 0.6 is 11.6 Å². The Labute approximate surface area is 218 Å². The molecule has 2 aromatic heterocycles. The number of aromatic nitrogens is 4. The summed E-state index contributed by atoms with van der Waals surface area (Å²) >= 11 is 6.33. The number of nitrogens with one attached hydrogen (secondary N) is 1. The molecule has 2 aliphatic heterocycles. The monoisotopic (exact) mass is 527 g/mol. The first-order chi connectivity index (χ1) is 18.0. The van der Waals surface area contributed by atoms with Crippen molar-refractivity contribution in [2.24, 2.45) is 0 Å². The molecule has 1 aromatic carbocycles. The quantitative estimate of drug-likeness (QED) is 0.433. The second-order valence-corrected chi connectivity index (χ2v) is 8.96. The molecule has 13 heteroatoms. The minimum Gasteiger partial charge on any atom is -0.454 e. The second kappa shape index (κ2) is 11.0. The number of ether oxygens (including phenoxy) is 3. The molecule has 3 aromatic rings. The van der Waals surface area contributed by atoms with E-state index in [0.717, 1.165) is 5.56 Å². The van der Waals surface area contributed by atoms with E-state index in [1.54, 1.807) is 34.3 Å². The van der Waals surface area contributed by atoms with Crippen LogP contribution in [0.4, 0.5) is 5.82 Å². The minimum absolute atomic E-state index is 0.0236. The maximum atomic E-state index is 13.1. The molecule has 37 heavy (non-hydrogen) atoms. The Hall–Kier alpha value is -3.90. The lowest BCUT2D eigenvalue weighted by Crippen LogP contribution is -2.57. The summed E-state index contributed by atoms with van der Waals surface area (Å²) in [5.41, 5.74) is 0.827. The lowest BCUT2D eigenvalue weighted by atomic mass is 10.1. The van der Waals surface area contributed by atoms with Gasteiger partial charge in [-0.1, -0.05) is 23.7 Å². The van der Waals surface area contributed by atoms with Crippen molar-refractivity contribution in [2.45, 2.75) is 19.0 Å². The summed E-state index contributed by atoms with van der Waals surface area (Å²) in [7, 11) is 1.48. The zero-order chi connectivity index (χ0) is 25.8. The molecule has 5 rings (SSSR count). The fourth-order valence-electron chi connectivity index (χ4n) is 4.42. The Morgan fingerprint density at radius 2 is 2.14 bits per heavy atom. The molecule has 0 aliphatic carbocycles. The predicted molar refractivity (Wildman–Crippen MR) is 133 cm³/mol. The van der Waals surface area contributed by atoms with Gasteiger partial charge in [-0.3, -0.25) is 14.2 Å². The lowest BCUT2D eigenvalue weighted by molar-refractivity contribution is -0.136. The molecular weight excluding hydrogens is 502 g/mol. The molecule has 2 aliphatic rings. The number of para-hydroxylation sites is 1. The predicted octanol–water partition coefficient (Wildman–Crippen LogP) is 1.41. The van der Waals surface area contributed by atoms with E-state index in [1.165, 1.54) is 7.11 Å². The van der Waals surface area contributed by atoms with Crippen LogP contribution in [0.25, 0.3) is 5.95 Å². The number of rotatable bonds is 8. The summed E-state index contributed by atoms with van der Waals surface area (Å²) in [6.07, 6.45) is 5.05. The average molecular weight is 528 g/mol. The molecule has 0 bridgehead atoms. The van der Waals surface area contributed by atoms with Gasteiger partial charge in [-0.15, -0.1) is 0 Å². The molecule has 2 amide bonds. The molecular formula is C24H26ClN7O5. The fourth-order valence-corrected chi connectivity index (χ4v) is 4.59. The number of methoxy groups -OCH3 is 1. The molecule has 0 radical (unpaired) electrons. The van der Waals surface area contributed by atoms with E-state index < -0.39 is 0 Å². The fraction of sp³-hybridized carbons (Fsp3) is 0.375. The Balaban J connectivity index is 1.34. The number of nitrogens with zero attached hydrogens (tertiary/aromatic N) is 6. The summed E-state index contributed by atoms with van der Waals surface area (Å²) in [5, 5.41) is 3.22. The van der Waals surface area contributed by atoms with Crippen LogP contribution in [0.1, 0.15) is 12.0 Å². The highest BCUT2D eigenvalue weighted by Gasteiger charge is 2.32. The second-order valence-electron chi connectivity index (χ2n) is 8.57. The van der Waals surface area contributed by atoms with Gasteiger partial charge >= 0.3 is 0 Å². The van der Waals surface area contributed by atoms with Crippen molar-refractivity contribution >= 4 is 29.2 Å². The zero-order valence-corrected chi connectivity index (χ0v) is 20.9. The van der Waals surface area contributed by atoms with Crippen LogP contribution in [0, 0.1) is 0 Å². The van der Waals surface area contributed by atoms with Crippen LogP contribution in [0.2, 0.25) is 5.15 Å². The summed E-state index contributed by atoms with van der Waals surface area (Å²) in [5.74, 6) is 1.91. The third-order valence-electron chi connectivity index (χ3n) is 6.18. The third-order valence-corrected chi connectivity index (χ3v) is 6.37. The van der Waals surface area contributed by atoms with Gasteiger partial charge in [-0.2, -0.15) is 4.98 Å². The minimum atomic E-state index is -0.350. The van der Waals surface area contributed by atoms with E-state index in [1.807, 2.05) is 23.1 Å².